The third kappa shape index (κ3) is 2.80. The Hall–Kier alpha value is -0.990. The summed E-state index contributed by atoms with van der Waals surface area (Å²) in [6.07, 6.45) is 5.11. The van der Waals surface area contributed by atoms with Crippen molar-refractivity contribution >= 4 is 5.82 Å². The van der Waals surface area contributed by atoms with Gasteiger partial charge in [0.15, 0.2) is 0 Å². The van der Waals surface area contributed by atoms with Crippen molar-refractivity contribution < 1.29 is 0 Å². The van der Waals surface area contributed by atoms with Crippen LogP contribution >= 0.6 is 0 Å². The molecule has 0 spiro atoms. The summed E-state index contributed by atoms with van der Waals surface area (Å²) in [7, 11) is 0. The number of nitrogens with zero attached hydrogens (tertiary/aromatic N) is 2. The van der Waals surface area contributed by atoms with Crippen molar-refractivity contribution in [3.8, 4) is 0 Å². The van der Waals surface area contributed by atoms with E-state index in [9.17, 15) is 0 Å². The van der Waals surface area contributed by atoms with E-state index in [1.165, 1.54) is 25.7 Å². The molecule has 2 rings (SSSR count). The van der Waals surface area contributed by atoms with Crippen molar-refractivity contribution in [3.05, 3.63) is 11.5 Å². The molecule has 1 heterocycles. The number of anilines is 1. The van der Waals surface area contributed by atoms with E-state index >= 15 is 0 Å². The maximum Gasteiger partial charge on any atom is 0.127 e. The van der Waals surface area contributed by atoms with Gasteiger partial charge in [-0.2, -0.15) is 0 Å². The molecule has 0 aliphatic heterocycles. The fraction of sp³-hybridized carbons (Fsp3) is 0.812. The average molecular weight is 263 g/mol. The van der Waals surface area contributed by atoms with Crippen molar-refractivity contribution in [2.45, 2.75) is 72.8 Å². The molecule has 1 saturated carbocycles. The summed E-state index contributed by atoms with van der Waals surface area (Å²) in [5.74, 6) is 3.39. The Morgan fingerprint density at radius 3 is 2.21 bits per heavy atom. The molecule has 0 aromatic carbocycles. The molecule has 1 aromatic rings. The van der Waals surface area contributed by atoms with Crippen LogP contribution in [0.1, 0.15) is 70.8 Å². The molecule has 0 atom stereocenters. The average Bonchev–Trinajstić information content (AvgIpc) is 2.63. The van der Waals surface area contributed by atoms with Crippen LogP contribution in [-0.4, -0.2) is 9.55 Å². The quantitative estimate of drug-likeness (QED) is 0.872. The lowest BCUT2D eigenvalue weighted by Gasteiger charge is -2.36. The lowest BCUT2D eigenvalue weighted by Crippen LogP contribution is -2.25. The number of imidazole rings is 1. The van der Waals surface area contributed by atoms with E-state index < -0.39 is 0 Å². The number of aryl methyl sites for hydroxylation is 1. The Morgan fingerprint density at radius 2 is 1.79 bits per heavy atom. The Morgan fingerprint density at radius 1 is 1.21 bits per heavy atom. The summed E-state index contributed by atoms with van der Waals surface area (Å²) >= 11 is 0. The summed E-state index contributed by atoms with van der Waals surface area (Å²) in [5, 5.41) is 0. The molecule has 2 N–H and O–H groups in total. The molecule has 3 nitrogen and oxygen atoms in total. The van der Waals surface area contributed by atoms with Crippen LogP contribution in [0.3, 0.4) is 0 Å². The van der Waals surface area contributed by atoms with E-state index in [2.05, 4.69) is 39.2 Å². The maximum absolute atomic E-state index is 6.27. The van der Waals surface area contributed by atoms with Gasteiger partial charge in [0, 0.05) is 12.5 Å². The first-order chi connectivity index (χ1) is 8.84. The fourth-order valence-electron chi connectivity index (χ4n) is 3.54. The normalized spacial score (nSPS) is 24.7. The summed E-state index contributed by atoms with van der Waals surface area (Å²) in [6, 6.07) is 0. The summed E-state index contributed by atoms with van der Waals surface area (Å²) < 4.78 is 2.13. The highest BCUT2D eigenvalue weighted by Gasteiger charge is 2.32. The molecular weight excluding hydrogens is 234 g/mol. The van der Waals surface area contributed by atoms with Gasteiger partial charge in [0.05, 0.1) is 5.69 Å². The second-order valence-electron chi connectivity index (χ2n) is 7.09. The summed E-state index contributed by atoms with van der Waals surface area (Å²) in [4.78, 5) is 4.73. The van der Waals surface area contributed by atoms with Gasteiger partial charge in [0.2, 0.25) is 0 Å². The molecule has 1 fully saturated rings. The SMILES string of the molecule is CCn1c(C)nc(C2CCC(C(C)(C)C)CC2)c1N. The number of hydrogen-bond acceptors (Lipinski definition) is 2. The molecule has 0 unspecified atom stereocenters. The largest absolute Gasteiger partial charge is 0.384 e. The summed E-state index contributed by atoms with van der Waals surface area (Å²) in [6.45, 7) is 12.2. The Kier molecular flexibility index (Phi) is 3.93. The van der Waals surface area contributed by atoms with Crippen molar-refractivity contribution in [1.29, 1.82) is 0 Å². The van der Waals surface area contributed by atoms with Gasteiger partial charge in [-0.1, -0.05) is 20.8 Å². The standard InChI is InChI=1S/C16H29N3/c1-6-19-11(2)18-14(15(19)17)12-7-9-13(10-8-12)16(3,4)5/h12-13H,6-10,17H2,1-5H3. The fourth-order valence-corrected chi connectivity index (χ4v) is 3.54. The number of aromatic nitrogens is 2. The maximum atomic E-state index is 6.27. The number of hydrogen-bond donors (Lipinski definition) is 1. The molecule has 1 aromatic heterocycles. The van der Waals surface area contributed by atoms with E-state index in [1.807, 2.05) is 0 Å². The second kappa shape index (κ2) is 5.18. The zero-order chi connectivity index (χ0) is 14.2. The van der Waals surface area contributed by atoms with Crippen LogP contribution in [0.25, 0.3) is 0 Å². The minimum absolute atomic E-state index is 0.440. The number of nitrogen functional groups attached to an aromatic ring is 1. The van der Waals surface area contributed by atoms with Gasteiger partial charge in [0.25, 0.3) is 0 Å². The number of nitrogens with two attached hydrogens (primary N) is 1. The Labute approximate surface area is 117 Å². The van der Waals surface area contributed by atoms with Crippen LogP contribution < -0.4 is 5.73 Å². The van der Waals surface area contributed by atoms with Gasteiger partial charge in [-0.15, -0.1) is 0 Å². The summed E-state index contributed by atoms with van der Waals surface area (Å²) in [5.41, 5.74) is 7.87. The zero-order valence-electron chi connectivity index (χ0n) is 13.2. The highest BCUT2D eigenvalue weighted by Crippen LogP contribution is 2.44. The van der Waals surface area contributed by atoms with Crippen LogP contribution in [0, 0.1) is 18.3 Å². The number of rotatable bonds is 2. The van der Waals surface area contributed by atoms with Gasteiger partial charge in [-0.25, -0.2) is 4.98 Å². The predicted molar refractivity (Wildman–Crippen MR) is 81.2 cm³/mol. The van der Waals surface area contributed by atoms with E-state index in [1.54, 1.807) is 0 Å². The van der Waals surface area contributed by atoms with Crippen molar-refractivity contribution in [2.24, 2.45) is 11.3 Å². The molecule has 0 amide bonds. The first-order valence-corrected chi connectivity index (χ1v) is 7.67. The lowest BCUT2D eigenvalue weighted by atomic mass is 9.69. The first-order valence-electron chi connectivity index (χ1n) is 7.67. The topological polar surface area (TPSA) is 43.8 Å². The van der Waals surface area contributed by atoms with Crippen LogP contribution in [-0.2, 0) is 6.54 Å². The zero-order valence-corrected chi connectivity index (χ0v) is 13.2. The van der Waals surface area contributed by atoms with Crippen LogP contribution in [0.2, 0.25) is 0 Å². The van der Waals surface area contributed by atoms with Crippen LogP contribution in [0.15, 0.2) is 0 Å². The molecule has 0 bridgehead atoms. The predicted octanol–water partition coefficient (Wildman–Crippen LogP) is 4.11. The minimum atomic E-state index is 0.440. The van der Waals surface area contributed by atoms with Gasteiger partial charge in [-0.05, 0) is 50.9 Å². The van der Waals surface area contributed by atoms with Crippen LogP contribution in [0.5, 0.6) is 0 Å². The minimum Gasteiger partial charge on any atom is -0.384 e. The van der Waals surface area contributed by atoms with E-state index in [0.717, 1.165) is 29.8 Å². The molecular formula is C16H29N3. The molecule has 0 saturated heterocycles. The Balaban J connectivity index is 2.10. The van der Waals surface area contributed by atoms with E-state index in [0.29, 0.717) is 11.3 Å². The van der Waals surface area contributed by atoms with E-state index in [4.69, 9.17) is 10.7 Å². The Bertz CT molecular complexity index is 432. The molecule has 1 aliphatic rings. The first kappa shape index (κ1) is 14.4. The van der Waals surface area contributed by atoms with Gasteiger partial charge < -0.3 is 10.3 Å². The highest BCUT2D eigenvalue weighted by atomic mass is 15.1. The molecule has 3 heteroatoms. The lowest BCUT2D eigenvalue weighted by molar-refractivity contribution is 0.168. The van der Waals surface area contributed by atoms with Crippen molar-refractivity contribution in [2.75, 3.05) is 5.73 Å². The molecule has 108 valence electrons. The molecule has 0 radical (unpaired) electrons. The molecule has 19 heavy (non-hydrogen) atoms. The van der Waals surface area contributed by atoms with Gasteiger partial charge >= 0.3 is 0 Å². The molecule has 1 aliphatic carbocycles. The van der Waals surface area contributed by atoms with Gasteiger partial charge in [-0.3, -0.25) is 0 Å². The van der Waals surface area contributed by atoms with Gasteiger partial charge in [0.1, 0.15) is 11.6 Å². The third-order valence-corrected chi connectivity index (χ3v) is 4.88. The van der Waals surface area contributed by atoms with Crippen molar-refractivity contribution in [3.63, 3.8) is 0 Å². The second-order valence-corrected chi connectivity index (χ2v) is 7.09. The third-order valence-electron chi connectivity index (χ3n) is 4.88. The smallest absolute Gasteiger partial charge is 0.127 e. The monoisotopic (exact) mass is 263 g/mol. The van der Waals surface area contributed by atoms with E-state index in [-0.39, 0.29) is 0 Å². The van der Waals surface area contributed by atoms with Crippen LogP contribution in [0.4, 0.5) is 5.82 Å². The highest BCUT2D eigenvalue weighted by molar-refractivity contribution is 5.40. The van der Waals surface area contributed by atoms with Crippen molar-refractivity contribution in [1.82, 2.24) is 9.55 Å².